The Hall–Kier alpha value is -2.45. The molecule has 1 heterocycles. The van der Waals surface area contributed by atoms with Crippen molar-refractivity contribution in [2.75, 3.05) is 4.72 Å². The summed E-state index contributed by atoms with van der Waals surface area (Å²) in [6.07, 6.45) is 3.49. The van der Waals surface area contributed by atoms with Crippen molar-refractivity contribution in [2.45, 2.75) is 15.5 Å². The van der Waals surface area contributed by atoms with E-state index in [-0.39, 0.29) is 0 Å². The molecule has 3 aromatic rings. The number of hydrogen-bond acceptors (Lipinski definition) is 4. The lowest BCUT2D eigenvalue weighted by molar-refractivity contribution is 0.568. The summed E-state index contributed by atoms with van der Waals surface area (Å²) in [5.41, 5.74) is 1.39. The van der Waals surface area contributed by atoms with Gasteiger partial charge in [-0.1, -0.05) is 6.07 Å². The molecule has 0 spiro atoms. The number of anilines is 1. The Bertz CT molecular complexity index is 975. The van der Waals surface area contributed by atoms with E-state index in [1.807, 2.05) is 12.1 Å². The van der Waals surface area contributed by atoms with Crippen LogP contribution in [0, 0.1) is 11.6 Å². The molecule has 134 valence electrons. The lowest BCUT2D eigenvalue weighted by Crippen LogP contribution is -2.13. The smallest absolute Gasteiger partial charge is 0.262 e. The van der Waals surface area contributed by atoms with Crippen LogP contribution in [0.1, 0.15) is 5.56 Å². The van der Waals surface area contributed by atoms with Crippen molar-refractivity contribution < 1.29 is 17.2 Å². The summed E-state index contributed by atoms with van der Waals surface area (Å²) in [4.78, 5) is 4.53. The number of benzene rings is 2. The van der Waals surface area contributed by atoms with Crippen LogP contribution >= 0.6 is 11.8 Å². The first-order valence-corrected chi connectivity index (χ1v) is 10.00. The Morgan fingerprint density at radius 3 is 2.31 bits per heavy atom. The number of aromatic nitrogens is 1. The minimum Gasteiger partial charge on any atom is -0.280 e. The molecule has 0 aliphatic rings. The first-order chi connectivity index (χ1) is 12.4. The quantitative estimate of drug-likeness (QED) is 0.630. The van der Waals surface area contributed by atoms with Gasteiger partial charge in [-0.25, -0.2) is 17.2 Å². The van der Waals surface area contributed by atoms with E-state index < -0.39 is 26.6 Å². The van der Waals surface area contributed by atoms with Gasteiger partial charge in [0.05, 0.1) is 4.90 Å². The number of rotatable bonds is 6. The molecule has 0 radical (unpaired) electrons. The van der Waals surface area contributed by atoms with Crippen LogP contribution in [-0.2, 0) is 15.8 Å². The highest BCUT2D eigenvalue weighted by Crippen LogP contribution is 2.25. The van der Waals surface area contributed by atoms with Crippen molar-refractivity contribution in [3.63, 3.8) is 0 Å². The average Bonchev–Trinajstić information content (AvgIpc) is 2.61. The van der Waals surface area contributed by atoms with Crippen molar-refractivity contribution in [1.82, 2.24) is 4.98 Å². The Labute approximate surface area is 154 Å². The van der Waals surface area contributed by atoms with Gasteiger partial charge in [0.1, 0.15) is 11.6 Å². The van der Waals surface area contributed by atoms with Gasteiger partial charge in [0, 0.05) is 34.8 Å². The third-order valence-corrected chi connectivity index (χ3v) is 5.83. The predicted molar refractivity (Wildman–Crippen MR) is 97.4 cm³/mol. The van der Waals surface area contributed by atoms with E-state index in [0.717, 1.165) is 28.3 Å². The van der Waals surface area contributed by atoms with Gasteiger partial charge in [-0.05, 0) is 48.0 Å². The average molecular weight is 392 g/mol. The summed E-state index contributed by atoms with van der Waals surface area (Å²) < 4.78 is 53.3. The normalized spacial score (nSPS) is 11.3. The van der Waals surface area contributed by atoms with Gasteiger partial charge in [0.2, 0.25) is 0 Å². The number of thioether (sulfide) groups is 1. The fourth-order valence-electron chi connectivity index (χ4n) is 2.17. The first kappa shape index (κ1) is 18.3. The molecule has 0 unspecified atom stereocenters. The van der Waals surface area contributed by atoms with Crippen LogP contribution in [-0.4, -0.2) is 13.4 Å². The number of sulfonamides is 1. The zero-order valence-electron chi connectivity index (χ0n) is 13.4. The maximum atomic E-state index is 13.2. The number of hydrogen-bond donors (Lipinski definition) is 1. The van der Waals surface area contributed by atoms with Crippen molar-refractivity contribution in [2.24, 2.45) is 0 Å². The SMILES string of the molecule is O=S(=O)(Nc1ccc(SCc2cccnc2)cc1)c1cc(F)cc(F)c1. The summed E-state index contributed by atoms with van der Waals surface area (Å²) >= 11 is 1.58. The standard InChI is InChI=1S/C18H14F2N2O2S2/c19-14-8-15(20)10-18(9-14)26(23,24)22-16-3-5-17(6-4-16)25-12-13-2-1-7-21-11-13/h1-11,22H,12H2. The van der Waals surface area contributed by atoms with E-state index >= 15 is 0 Å². The van der Waals surface area contributed by atoms with Crippen molar-refractivity contribution in [3.05, 3.63) is 84.2 Å². The Balaban J connectivity index is 1.68. The molecule has 1 N–H and O–H groups in total. The third kappa shape index (κ3) is 4.80. The highest BCUT2D eigenvalue weighted by molar-refractivity contribution is 7.98. The molecule has 1 aromatic heterocycles. The van der Waals surface area contributed by atoms with E-state index in [1.165, 1.54) is 0 Å². The van der Waals surface area contributed by atoms with Gasteiger partial charge in [-0.15, -0.1) is 11.8 Å². The highest BCUT2D eigenvalue weighted by Gasteiger charge is 2.16. The summed E-state index contributed by atoms with van der Waals surface area (Å²) in [5, 5.41) is 0. The number of halogens is 2. The summed E-state index contributed by atoms with van der Waals surface area (Å²) in [5.74, 6) is -1.17. The van der Waals surface area contributed by atoms with Crippen LogP contribution in [0.5, 0.6) is 0 Å². The van der Waals surface area contributed by atoms with Gasteiger partial charge in [0.15, 0.2) is 0 Å². The highest BCUT2D eigenvalue weighted by atomic mass is 32.2. The number of nitrogens with one attached hydrogen (secondary N) is 1. The van der Waals surface area contributed by atoms with Crippen LogP contribution in [0.15, 0.2) is 76.8 Å². The number of pyridine rings is 1. The zero-order chi connectivity index (χ0) is 18.6. The second-order valence-corrected chi connectivity index (χ2v) is 8.12. The molecule has 0 aliphatic carbocycles. The minimum atomic E-state index is -4.07. The molecule has 0 bridgehead atoms. The van der Waals surface area contributed by atoms with E-state index in [1.54, 1.807) is 48.4 Å². The van der Waals surface area contributed by atoms with E-state index in [2.05, 4.69) is 9.71 Å². The van der Waals surface area contributed by atoms with Gasteiger partial charge >= 0.3 is 0 Å². The predicted octanol–water partition coefficient (Wildman–Crippen LogP) is 4.45. The zero-order valence-corrected chi connectivity index (χ0v) is 15.0. The number of nitrogens with zero attached hydrogens (tertiary/aromatic N) is 1. The molecule has 3 rings (SSSR count). The van der Waals surface area contributed by atoms with E-state index in [0.29, 0.717) is 11.8 Å². The van der Waals surface area contributed by atoms with Gasteiger partial charge < -0.3 is 0 Å². The van der Waals surface area contributed by atoms with Crippen LogP contribution in [0.4, 0.5) is 14.5 Å². The topological polar surface area (TPSA) is 59.1 Å². The largest absolute Gasteiger partial charge is 0.280 e. The van der Waals surface area contributed by atoms with Crippen LogP contribution in [0.3, 0.4) is 0 Å². The molecule has 0 fully saturated rings. The van der Waals surface area contributed by atoms with Crippen LogP contribution < -0.4 is 4.72 Å². The molecule has 0 saturated heterocycles. The Kier molecular flexibility index (Phi) is 5.53. The van der Waals surface area contributed by atoms with Gasteiger partial charge in [-0.2, -0.15) is 0 Å². The van der Waals surface area contributed by atoms with Crippen molar-refractivity contribution in [1.29, 1.82) is 0 Å². The van der Waals surface area contributed by atoms with Gasteiger partial charge in [-0.3, -0.25) is 9.71 Å². The fraction of sp³-hybridized carbons (Fsp3) is 0.0556. The Morgan fingerprint density at radius 2 is 1.69 bits per heavy atom. The van der Waals surface area contributed by atoms with Gasteiger partial charge in [0.25, 0.3) is 10.0 Å². The fourth-order valence-corrected chi connectivity index (χ4v) is 4.10. The summed E-state index contributed by atoms with van der Waals surface area (Å²) in [6.45, 7) is 0. The molecule has 0 saturated carbocycles. The van der Waals surface area contributed by atoms with Crippen molar-refractivity contribution >= 4 is 27.5 Å². The second kappa shape index (κ2) is 7.84. The maximum Gasteiger partial charge on any atom is 0.262 e. The lowest BCUT2D eigenvalue weighted by Gasteiger charge is -2.09. The minimum absolute atomic E-state index is 0.306. The van der Waals surface area contributed by atoms with Crippen molar-refractivity contribution in [3.8, 4) is 0 Å². The molecule has 0 atom stereocenters. The molecule has 4 nitrogen and oxygen atoms in total. The summed E-state index contributed by atoms with van der Waals surface area (Å²) in [6, 6.07) is 12.7. The molecule has 26 heavy (non-hydrogen) atoms. The van der Waals surface area contributed by atoms with E-state index in [9.17, 15) is 17.2 Å². The molecule has 0 aliphatic heterocycles. The lowest BCUT2D eigenvalue weighted by atomic mass is 10.3. The maximum absolute atomic E-state index is 13.2. The summed E-state index contributed by atoms with van der Waals surface area (Å²) in [7, 11) is -4.07. The molecule has 0 amide bonds. The molecule has 8 heteroatoms. The van der Waals surface area contributed by atoms with Crippen LogP contribution in [0.2, 0.25) is 0 Å². The molecule has 2 aromatic carbocycles. The third-order valence-electron chi connectivity index (χ3n) is 3.38. The first-order valence-electron chi connectivity index (χ1n) is 7.53. The van der Waals surface area contributed by atoms with Crippen LogP contribution in [0.25, 0.3) is 0 Å². The second-order valence-electron chi connectivity index (χ2n) is 5.38. The monoisotopic (exact) mass is 392 g/mol. The molecular weight excluding hydrogens is 378 g/mol. The molecular formula is C18H14F2N2O2S2. The Morgan fingerprint density at radius 1 is 1.00 bits per heavy atom. The van der Waals surface area contributed by atoms with E-state index in [4.69, 9.17) is 0 Å².